The largest absolute Gasteiger partial charge is 0.388 e. The molecule has 0 aliphatic carbocycles. The Bertz CT molecular complexity index is 239. The van der Waals surface area contributed by atoms with Gasteiger partial charge in [0.25, 0.3) is 0 Å². The zero-order chi connectivity index (χ0) is 9.47. The minimum absolute atomic E-state index is 0.0192. The molecule has 2 rings (SSSR count). The number of hydrogen-bond acceptors (Lipinski definition) is 3. The highest BCUT2D eigenvalue weighted by Crippen LogP contribution is 2.34. The first-order chi connectivity index (χ1) is 6.11. The van der Waals surface area contributed by atoms with E-state index in [1.165, 1.54) is 6.42 Å². The predicted octanol–water partition coefficient (Wildman–Crippen LogP) is 1.64. The molecule has 2 aliphatic rings. The van der Waals surface area contributed by atoms with Crippen molar-refractivity contribution in [1.82, 2.24) is 4.90 Å². The van der Waals surface area contributed by atoms with Crippen molar-refractivity contribution in [2.75, 3.05) is 13.6 Å². The Morgan fingerprint density at radius 1 is 1.62 bits per heavy atom. The first-order valence-electron chi connectivity index (χ1n) is 5.03. The molecule has 3 heteroatoms. The Labute approximate surface area is 79.7 Å². The first-order valence-corrected chi connectivity index (χ1v) is 5.03. The van der Waals surface area contributed by atoms with E-state index >= 15 is 0 Å². The van der Waals surface area contributed by atoms with Gasteiger partial charge in [0.2, 0.25) is 0 Å². The van der Waals surface area contributed by atoms with Gasteiger partial charge < -0.3 is 4.84 Å². The predicted molar refractivity (Wildman–Crippen MR) is 52.9 cm³/mol. The SMILES string of the molecule is CC1=NOC2(CCC(C)N(C)C2)C1. The lowest BCUT2D eigenvalue weighted by Gasteiger charge is -2.40. The molecule has 0 N–H and O–H groups in total. The number of rotatable bonds is 0. The summed E-state index contributed by atoms with van der Waals surface area (Å²) < 4.78 is 0. The highest BCUT2D eigenvalue weighted by atomic mass is 16.7. The van der Waals surface area contributed by atoms with E-state index < -0.39 is 0 Å². The van der Waals surface area contributed by atoms with Gasteiger partial charge >= 0.3 is 0 Å². The number of oxime groups is 1. The lowest BCUT2D eigenvalue weighted by Crippen LogP contribution is -2.50. The standard InChI is InChI=1S/C10H18N2O/c1-8-6-10(13-11-8)5-4-9(2)12(3)7-10/h9H,4-7H2,1-3H3. The number of piperidine rings is 1. The Kier molecular flexibility index (Phi) is 2.06. The van der Waals surface area contributed by atoms with Crippen molar-refractivity contribution in [3.05, 3.63) is 0 Å². The lowest BCUT2D eigenvalue weighted by atomic mass is 9.86. The summed E-state index contributed by atoms with van der Waals surface area (Å²) in [6.07, 6.45) is 3.39. The van der Waals surface area contributed by atoms with Gasteiger partial charge in [-0.15, -0.1) is 0 Å². The molecule has 3 nitrogen and oxygen atoms in total. The molecule has 2 aliphatic heterocycles. The van der Waals surface area contributed by atoms with Crippen LogP contribution in [0.15, 0.2) is 5.16 Å². The normalized spacial score (nSPS) is 40.5. The second-order valence-electron chi connectivity index (χ2n) is 4.58. The minimum Gasteiger partial charge on any atom is -0.388 e. The average Bonchev–Trinajstić information content (AvgIpc) is 2.42. The summed E-state index contributed by atoms with van der Waals surface area (Å²) in [5.74, 6) is 0. The van der Waals surface area contributed by atoms with Crippen LogP contribution in [0.5, 0.6) is 0 Å². The molecule has 0 saturated carbocycles. The fourth-order valence-electron chi connectivity index (χ4n) is 2.31. The molecule has 2 heterocycles. The van der Waals surface area contributed by atoms with Gasteiger partial charge in [0.15, 0.2) is 5.60 Å². The zero-order valence-electron chi connectivity index (χ0n) is 8.71. The van der Waals surface area contributed by atoms with Gasteiger partial charge in [0.1, 0.15) is 0 Å². The van der Waals surface area contributed by atoms with Crippen molar-refractivity contribution in [3.8, 4) is 0 Å². The third-order valence-electron chi connectivity index (χ3n) is 3.28. The number of hydrogen-bond donors (Lipinski definition) is 0. The molecule has 0 radical (unpaired) electrons. The van der Waals surface area contributed by atoms with Crippen molar-refractivity contribution in [1.29, 1.82) is 0 Å². The Morgan fingerprint density at radius 3 is 2.92 bits per heavy atom. The third kappa shape index (κ3) is 1.57. The number of nitrogens with zero attached hydrogens (tertiary/aromatic N) is 2. The van der Waals surface area contributed by atoms with Gasteiger partial charge in [-0.1, -0.05) is 5.16 Å². The van der Waals surface area contributed by atoms with Crippen molar-refractivity contribution < 1.29 is 4.84 Å². The lowest BCUT2D eigenvalue weighted by molar-refractivity contribution is -0.0751. The van der Waals surface area contributed by atoms with Crippen LogP contribution >= 0.6 is 0 Å². The quantitative estimate of drug-likeness (QED) is 0.569. The summed E-state index contributed by atoms with van der Waals surface area (Å²) in [7, 11) is 2.17. The Morgan fingerprint density at radius 2 is 2.38 bits per heavy atom. The van der Waals surface area contributed by atoms with Crippen LogP contribution in [-0.2, 0) is 4.84 Å². The Hall–Kier alpha value is -0.570. The van der Waals surface area contributed by atoms with Gasteiger partial charge in [0, 0.05) is 19.0 Å². The van der Waals surface area contributed by atoms with Crippen molar-refractivity contribution in [2.24, 2.45) is 5.16 Å². The second-order valence-corrected chi connectivity index (χ2v) is 4.58. The maximum absolute atomic E-state index is 5.56. The fourth-order valence-corrected chi connectivity index (χ4v) is 2.31. The molecule has 0 aromatic heterocycles. The summed E-state index contributed by atoms with van der Waals surface area (Å²) in [4.78, 5) is 7.93. The monoisotopic (exact) mass is 182 g/mol. The van der Waals surface area contributed by atoms with E-state index in [1.807, 2.05) is 6.92 Å². The van der Waals surface area contributed by atoms with Crippen LogP contribution in [0.4, 0.5) is 0 Å². The van der Waals surface area contributed by atoms with Crippen LogP contribution < -0.4 is 0 Å². The molecule has 0 amide bonds. The van der Waals surface area contributed by atoms with Crippen LogP contribution in [0.2, 0.25) is 0 Å². The third-order valence-corrected chi connectivity index (χ3v) is 3.28. The van der Waals surface area contributed by atoms with Gasteiger partial charge in [0.05, 0.1) is 5.71 Å². The maximum atomic E-state index is 5.56. The Balaban J connectivity index is 2.03. The van der Waals surface area contributed by atoms with E-state index in [9.17, 15) is 0 Å². The van der Waals surface area contributed by atoms with Crippen molar-refractivity contribution >= 4 is 5.71 Å². The summed E-state index contributed by atoms with van der Waals surface area (Å²) in [6.45, 7) is 5.34. The summed E-state index contributed by atoms with van der Waals surface area (Å²) in [6, 6.07) is 0.690. The van der Waals surface area contributed by atoms with Crippen LogP contribution in [0.25, 0.3) is 0 Å². The zero-order valence-corrected chi connectivity index (χ0v) is 8.71. The second kappa shape index (κ2) is 2.98. The smallest absolute Gasteiger partial charge is 0.155 e. The van der Waals surface area contributed by atoms with E-state index in [4.69, 9.17) is 4.84 Å². The molecule has 0 aromatic rings. The van der Waals surface area contributed by atoms with Crippen LogP contribution in [0.1, 0.15) is 33.1 Å². The van der Waals surface area contributed by atoms with Crippen LogP contribution in [0.3, 0.4) is 0 Å². The van der Waals surface area contributed by atoms with Crippen LogP contribution in [0, 0.1) is 0 Å². The van der Waals surface area contributed by atoms with Gasteiger partial charge in [-0.3, -0.25) is 4.90 Å². The molecular formula is C10H18N2O. The molecular weight excluding hydrogens is 164 g/mol. The maximum Gasteiger partial charge on any atom is 0.155 e. The van der Waals surface area contributed by atoms with Crippen molar-refractivity contribution in [2.45, 2.75) is 44.8 Å². The van der Waals surface area contributed by atoms with Crippen molar-refractivity contribution in [3.63, 3.8) is 0 Å². The fraction of sp³-hybridized carbons (Fsp3) is 0.900. The first kappa shape index (κ1) is 9.00. The van der Waals surface area contributed by atoms with Gasteiger partial charge in [-0.2, -0.15) is 0 Å². The van der Waals surface area contributed by atoms with Crippen LogP contribution in [-0.4, -0.2) is 35.8 Å². The highest BCUT2D eigenvalue weighted by Gasteiger charge is 2.42. The van der Waals surface area contributed by atoms with E-state index in [2.05, 4.69) is 24.0 Å². The number of likely N-dealkylation sites (N-methyl/N-ethyl adjacent to an activating group) is 1. The summed E-state index contributed by atoms with van der Waals surface area (Å²) in [5, 5.41) is 4.06. The van der Waals surface area contributed by atoms with E-state index in [-0.39, 0.29) is 5.60 Å². The molecule has 74 valence electrons. The molecule has 1 fully saturated rings. The topological polar surface area (TPSA) is 24.8 Å². The average molecular weight is 182 g/mol. The van der Waals surface area contributed by atoms with E-state index in [1.54, 1.807) is 0 Å². The molecule has 1 spiro atoms. The van der Waals surface area contributed by atoms with Gasteiger partial charge in [-0.05, 0) is 33.7 Å². The molecule has 13 heavy (non-hydrogen) atoms. The molecule has 1 saturated heterocycles. The molecule has 0 aromatic carbocycles. The molecule has 2 atom stereocenters. The molecule has 2 unspecified atom stereocenters. The van der Waals surface area contributed by atoms with Gasteiger partial charge in [-0.25, -0.2) is 0 Å². The van der Waals surface area contributed by atoms with E-state index in [0.29, 0.717) is 6.04 Å². The molecule has 0 bridgehead atoms. The highest BCUT2D eigenvalue weighted by molar-refractivity contribution is 5.83. The summed E-state index contributed by atoms with van der Waals surface area (Å²) >= 11 is 0. The van der Waals surface area contributed by atoms with E-state index in [0.717, 1.165) is 25.1 Å². The number of likely N-dealkylation sites (tertiary alicyclic amines) is 1. The summed E-state index contributed by atoms with van der Waals surface area (Å²) in [5.41, 5.74) is 1.16. The minimum atomic E-state index is 0.0192.